The lowest BCUT2D eigenvalue weighted by Crippen LogP contribution is -2.11. The maximum absolute atomic E-state index is 11.9. The van der Waals surface area contributed by atoms with E-state index in [4.69, 9.17) is 4.74 Å². The van der Waals surface area contributed by atoms with Gasteiger partial charge in [0.2, 0.25) is 0 Å². The van der Waals surface area contributed by atoms with Gasteiger partial charge in [-0.1, -0.05) is 0 Å². The van der Waals surface area contributed by atoms with Crippen LogP contribution in [0.5, 0.6) is 0 Å². The number of H-pyrrole nitrogens is 2. The quantitative estimate of drug-likeness (QED) is 0.816. The van der Waals surface area contributed by atoms with Crippen LogP contribution in [0.25, 0.3) is 11.3 Å². The van der Waals surface area contributed by atoms with Crippen LogP contribution in [0.15, 0.2) is 5.03 Å². The van der Waals surface area contributed by atoms with Crippen LogP contribution in [0.3, 0.4) is 0 Å². The standard InChI is InChI=1S/C12H14N4O3S/c1-3-19-12(17)10-6-4-5-7-8(9(6)14-15-10)11(16-13-7)20(2)18/h3-5H2,1-2H3,(H,13,16)(H,14,15). The molecule has 2 N–H and O–H groups in total. The Balaban J connectivity index is 2.12. The van der Waals surface area contributed by atoms with Gasteiger partial charge in [0.05, 0.1) is 23.0 Å². The maximum atomic E-state index is 11.9. The minimum Gasteiger partial charge on any atom is -0.461 e. The van der Waals surface area contributed by atoms with Gasteiger partial charge in [-0.15, -0.1) is 0 Å². The number of carbonyl (C=O) groups excluding carboxylic acids is 1. The molecule has 2 heterocycles. The van der Waals surface area contributed by atoms with E-state index in [1.807, 2.05) is 0 Å². The van der Waals surface area contributed by atoms with E-state index in [0.717, 1.165) is 16.8 Å². The summed E-state index contributed by atoms with van der Waals surface area (Å²) in [5, 5.41) is 14.4. The van der Waals surface area contributed by atoms with Crippen molar-refractivity contribution in [1.29, 1.82) is 0 Å². The van der Waals surface area contributed by atoms with Crippen LogP contribution in [0.2, 0.25) is 0 Å². The van der Waals surface area contributed by atoms with Crippen molar-refractivity contribution in [3.8, 4) is 11.3 Å². The number of fused-ring (bicyclic) bond motifs is 3. The average molecular weight is 294 g/mol. The summed E-state index contributed by atoms with van der Waals surface area (Å²) < 4.78 is 16.7. The molecule has 0 aromatic carbocycles. The Labute approximate surface area is 117 Å². The van der Waals surface area contributed by atoms with Crippen LogP contribution in [-0.4, -0.2) is 43.4 Å². The van der Waals surface area contributed by atoms with E-state index in [0.29, 0.717) is 35.9 Å². The molecular formula is C12H14N4O3S. The van der Waals surface area contributed by atoms with E-state index in [1.165, 1.54) is 0 Å². The summed E-state index contributed by atoms with van der Waals surface area (Å²) in [6, 6.07) is 0. The van der Waals surface area contributed by atoms with E-state index in [-0.39, 0.29) is 0 Å². The van der Waals surface area contributed by atoms with Crippen molar-refractivity contribution in [2.75, 3.05) is 12.9 Å². The molecule has 0 saturated heterocycles. The molecule has 0 spiro atoms. The second-order valence-electron chi connectivity index (χ2n) is 4.48. The first-order chi connectivity index (χ1) is 9.63. The number of hydrogen-bond acceptors (Lipinski definition) is 5. The summed E-state index contributed by atoms with van der Waals surface area (Å²) in [6.45, 7) is 2.07. The molecular weight excluding hydrogens is 280 g/mol. The summed E-state index contributed by atoms with van der Waals surface area (Å²) in [7, 11) is -1.21. The van der Waals surface area contributed by atoms with E-state index < -0.39 is 16.8 Å². The Morgan fingerprint density at radius 1 is 1.35 bits per heavy atom. The lowest BCUT2D eigenvalue weighted by atomic mass is 9.94. The van der Waals surface area contributed by atoms with Crippen LogP contribution in [0.1, 0.15) is 28.7 Å². The summed E-state index contributed by atoms with van der Waals surface area (Å²) in [6.07, 6.45) is 2.95. The number of aromatic nitrogens is 4. The molecule has 0 bridgehead atoms. The Kier molecular flexibility index (Phi) is 3.17. The van der Waals surface area contributed by atoms with E-state index in [2.05, 4.69) is 20.4 Å². The van der Waals surface area contributed by atoms with Gasteiger partial charge < -0.3 is 4.74 Å². The van der Waals surface area contributed by atoms with Crippen molar-refractivity contribution in [2.45, 2.75) is 24.8 Å². The van der Waals surface area contributed by atoms with Crippen LogP contribution in [0, 0.1) is 0 Å². The molecule has 2 aromatic heterocycles. The summed E-state index contributed by atoms with van der Waals surface area (Å²) in [5.41, 5.74) is 3.49. The number of aromatic amines is 2. The van der Waals surface area contributed by atoms with Gasteiger partial charge in [-0.3, -0.25) is 14.4 Å². The topological polar surface area (TPSA) is 101 Å². The number of rotatable bonds is 3. The van der Waals surface area contributed by atoms with Gasteiger partial charge in [-0.25, -0.2) is 4.79 Å². The first-order valence-electron chi connectivity index (χ1n) is 6.28. The molecule has 0 amide bonds. The number of carbonyl (C=O) groups is 1. The predicted molar refractivity (Wildman–Crippen MR) is 71.9 cm³/mol. The molecule has 1 unspecified atom stereocenters. The first-order valence-corrected chi connectivity index (χ1v) is 7.84. The summed E-state index contributed by atoms with van der Waals surface area (Å²) in [5.74, 6) is -0.410. The van der Waals surface area contributed by atoms with Gasteiger partial charge in [0.25, 0.3) is 0 Å². The second kappa shape index (κ2) is 4.86. The third-order valence-electron chi connectivity index (χ3n) is 3.29. The highest BCUT2D eigenvalue weighted by atomic mass is 32.2. The Bertz CT molecular complexity index is 704. The zero-order chi connectivity index (χ0) is 14.3. The van der Waals surface area contributed by atoms with Gasteiger partial charge in [-0.2, -0.15) is 10.2 Å². The van der Waals surface area contributed by atoms with Gasteiger partial charge in [0.1, 0.15) is 11.4 Å². The monoisotopic (exact) mass is 294 g/mol. The van der Waals surface area contributed by atoms with Gasteiger partial charge in [0.15, 0.2) is 5.03 Å². The van der Waals surface area contributed by atoms with Crippen molar-refractivity contribution in [2.24, 2.45) is 0 Å². The van der Waals surface area contributed by atoms with Crippen molar-refractivity contribution in [1.82, 2.24) is 20.4 Å². The zero-order valence-electron chi connectivity index (χ0n) is 11.1. The van der Waals surface area contributed by atoms with Gasteiger partial charge in [-0.05, 0) is 19.8 Å². The van der Waals surface area contributed by atoms with Crippen molar-refractivity contribution >= 4 is 16.8 Å². The second-order valence-corrected chi connectivity index (χ2v) is 5.78. The average Bonchev–Trinajstić information content (AvgIpc) is 3.02. The number of hydrogen-bond donors (Lipinski definition) is 2. The maximum Gasteiger partial charge on any atom is 0.356 e. The van der Waals surface area contributed by atoms with E-state index >= 15 is 0 Å². The van der Waals surface area contributed by atoms with E-state index in [9.17, 15) is 9.00 Å². The fraction of sp³-hybridized carbons (Fsp3) is 0.417. The summed E-state index contributed by atoms with van der Waals surface area (Å²) in [4.78, 5) is 11.9. The molecule has 2 aromatic rings. The molecule has 0 saturated carbocycles. The minimum atomic E-state index is -1.21. The lowest BCUT2D eigenvalue weighted by Gasteiger charge is -2.11. The molecule has 7 nitrogen and oxygen atoms in total. The molecule has 1 aliphatic rings. The Morgan fingerprint density at radius 3 is 2.85 bits per heavy atom. The number of aryl methyl sites for hydroxylation is 1. The highest BCUT2D eigenvalue weighted by molar-refractivity contribution is 7.84. The molecule has 0 aliphatic heterocycles. The van der Waals surface area contributed by atoms with Crippen molar-refractivity contribution in [3.63, 3.8) is 0 Å². The number of esters is 1. The zero-order valence-corrected chi connectivity index (χ0v) is 12.0. The van der Waals surface area contributed by atoms with Crippen molar-refractivity contribution < 1.29 is 13.7 Å². The molecule has 0 radical (unpaired) electrons. The lowest BCUT2D eigenvalue weighted by molar-refractivity contribution is 0.0518. The first kappa shape index (κ1) is 13.0. The minimum absolute atomic E-state index is 0.313. The normalized spacial score (nSPS) is 14.5. The SMILES string of the molecule is CCOC(=O)c1[nH]nc2c1CCc1[nH]nc(S(C)=O)c1-2. The fourth-order valence-corrected chi connectivity index (χ4v) is 3.11. The van der Waals surface area contributed by atoms with Gasteiger partial charge in [0, 0.05) is 17.5 Å². The van der Waals surface area contributed by atoms with Crippen LogP contribution in [0.4, 0.5) is 0 Å². The Hall–Kier alpha value is -1.96. The van der Waals surface area contributed by atoms with Crippen LogP contribution in [-0.2, 0) is 28.4 Å². The Morgan fingerprint density at radius 2 is 2.15 bits per heavy atom. The molecule has 1 atom stereocenters. The molecule has 106 valence electrons. The van der Waals surface area contributed by atoms with E-state index in [1.54, 1.807) is 13.2 Å². The highest BCUT2D eigenvalue weighted by Crippen LogP contribution is 2.36. The predicted octanol–water partition coefficient (Wildman–Crippen LogP) is 0.813. The molecule has 8 heteroatoms. The third kappa shape index (κ3) is 1.87. The third-order valence-corrected chi connectivity index (χ3v) is 4.13. The largest absolute Gasteiger partial charge is 0.461 e. The molecule has 0 fully saturated rings. The van der Waals surface area contributed by atoms with Gasteiger partial charge >= 0.3 is 5.97 Å². The summed E-state index contributed by atoms with van der Waals surface area (Å²) >= 11 is 0. The molecule has 1 aliphatic carbocycles. The fourth-order valence-electron chi connectivity index (χ4n) is 2.43. The van der Waals surface area contributed by atoms with Crippen molar-refractivity contribution in [3.05, 3.63) is 17.0 Å². The number of ether oxygens (including phenoxy) is 1. The molecule has 3 rings (SSSR count). The number of nitrogens with zero attached hydrogens (tertiary/aromatic N) is 2. The smallest absolute Gasteiger partial charge is 0.356 e. The van der Waals surface area contributed by atoms with Crippen LogP contribution < -0.4 is 0 Å². The highest BCUT2D eigenvalue weighted by Gasteiger charge is 2.30. The molecule has 20 heavy (non-hydrogen) atoms. The number of nitrogens with one attached hydrogen (secondary N) is 2. The van der Waals surface area contributed by atoms with Crippen LogP contribution >= 0.6 is 0 Å².